The summed E-state index contributed by atoms with van der Waals surface area (Å²) in [7, 11) is 0. The Labute approximate surface area is 123 Å². The topological polar surface area (TPSA) is 95.9 Å². The molecule has 21 heavy (non-hydrogen) atoms. The van der Waals surface area contributed by atoms with Crippen molar-refractivity contribution in [2.24, 2.45) is 5.92 Å². The highest BCUT2D eigenvalue weighted by Gasteiger charge is 2.26. The summed E-state index contributed by atoms with van der Waals surface area (Å²) >= 11 is 0. The minimum absolute atomic E-state index is 0.118. The van der Waals surface area contributed by atoms with Crippen LogP contribution in [-0.2, 0) is 16.1 Å². The van der Waals surface area contributed by atoms with Gasteiger partial charge in [-0.1, -0.05) is 44.2 Å². The maximum atomic E-state index is 11.7. The average molecular weight is 295 g/mol. The maximum Gasteiger partial charge on any atom is 0.407 e. The molecular formula is C15H21NO5. The molecular weight excluding hydrogens is 274 g/mol. The Hall–Kier alpha value is -2.08. The Morgan fingerprint density at radius 1 is 1.24 bits per heavy atom. The van der Waals surface area contributed by atoms with Gasteiger partial charge in [0.25, 0.3) is 0 Å². The van der Waals surface area contributed by atoms with E-state index in [9.17, 15) is 14.7 Å². The van der Waals surface area contributed by atoms with Crippen LogP contribution in [0.3, 0.4) is 0 Å². The van der Waals surface area contributed by atoms with Crippen LogP contribution in [-0.4, -0.2) is 34.4 Å². The minimum atomic E-state index is -1.16. The van der Waals surface area contributed by atoms with Gasteiger partial charge in [0.05, 0.1) is 18.6 Å². The lowest BCUT2D eigenvalue weighted by Gasteiger charge is -2.26. The van der Waals surface area contributed by atoms with Crippen LogP contribution in [0, 0.1) is 5.92 Å². The molecule has 0 aliphatic heterocycles. The molecule has 0 saturated carbocycles. The van der Waals surface area contributed by atoms with E-state index in [1.54, 1.807) is 13.8 Å². The number of amides is 1. The van der Waals surface area contributed by atoms with Crippen molar-refractivity contribution < 1.29 is 24.5 Å². The first-order valence-electron chi connectivity index (χ1n) is 6.77. The van der Waals surface area contributed by atoms with E-state index in [1.807, 2.05) is 30.3 Å². The molecule has 3 N–H and O–H groups in total. The summed E-state index contributed by atoms with van der Waals surface area (Å²) in [6.07, 6.45) is -2.27. The molecule has 0 spiro atoms. The van der Waals surface area contributed by atoms with Gasteiger partial charge in [0.2, 0.25) is 0 Å². The van der Waals surface area contributed by atoms with Crippen LogP contribution in [0.4, 0.5) is 4.79 Å². The summed E-state index contributed by atoms with van der Waals surface area (Å²) in [5, 5.41) is 21.0. The minimum Gasteiger partial charge on any atom is -0.481 e. The Kier molecular flexibility index (Phi) is 6.68. The molecule has 0 unspecified atom stereocenters. The molecule has 1 aromatic carbocycles. The number of aliphatic hydroxyl groups is 1. The van der Waals surface area contributed by atoms with Gasteiger partial charge in [0.1, 0.15) is 6.61 Å². The van der Waals surface area contributed by atoms with Gasteiger partial charge in [-0.05, 0) is 11.5 Å². The molecule has 1 amide bonds. The van der Waals surface area contributed by atoms with Gasteiger partial charge in [0, 0.05) is 0 Å². The molecule has 0 aromatic heterocycles. The van der Waals surface area contributed by atoms with E-state index in [4.69, 9.17) is 9.84 Å². The first-order chi connectivity index (χ1) is 9.90. The fourth-order valence-electron chi connectivity index (χ4n) is 1.91. The fraction of sp³-hybridized carbons (Fsp3) is 0.467. The molecule has 0 aliphatic rings. The number of ether oxygens (including phenoxy) is 1. The van der Waals surface area contributed by atoms with Gasteiger partial charge in [0.15, 0.2) is 0 Å². The second-order valence-electron chi connectivity index (χ2n) is 5.14. The van der Waals surface area contributed by atoms with Gasteiger partial charge >= 0.3 is 12.1 Å². The Morgan fingerprint density at radius 3 is 2.38 bits per heavy atom. The summed E-state index contributed by atoms with van der Waals surface area (Å²) in [4.78, 5) is 22.4. The van der Waals surface area contributed by atoms with Crippen molar-refractivity contribution in [3.05, 3.63) is 35.9 Å². The van der Waals surface area contributed by atoms with E-state index >= 15 is 0 Å². The molecule has 116 valence electrons. The summed E-state index contributed by atoms with van der Waals surface area (Å²) in [6.45, 7) is 3.69. The SMILES string of the molecule is CC(C)[C@H](NC(=O)OCc1ccccc1)[C@H](O)CC(=O)O. The van der Waals surface area contributed by atoms with Crippen LogP contribution in [0.1, 0.15) is 25.8 Å². The third kappa shape index (κ3) is 6.27. The van der Waals surface area contributed by atoms with Crippen molar-refractivity contribution in [3.63, 3.8) is 0 Å². The number of carbonyl (C=O) groups is 2. The van der Waals surface area contributed by atoms with Gasteiger partial charge in [-0.15, -0.1) is 0 Å². The summed E-state index contributed by atoms with van der Waals surface area (Å²) in [5.41, 5.74) is 0.847. The number of hydrogen-bond donors (Lipinski definition) is 3. The molecule has 1 rings (SSSR count). The monoisotopic (exact) mass is 295 g/mol. The normalized spacial score (nSPS) is 13.5. The van der Waals surface area contributed by atoms with E-state index in [-0.39, 0.29) is 12.5 Å². The van der Waals surface area contributed by atoms with Gasteiger partial charge in [-0.3, -0.25) is 4.79 Å². The first kappa shape index (κ1) is 17.0. The van der Waals surface area contributed by atoms with Crippen LogP contribution >= 0.6 is 0 Å². The Bertz CT molecular complexity index is 460. The number of hydrogen-bond acceptors (Lipinski definition) is 4. The number of benzene rings is 1. The van der Waals surface area contributed by atoms with Crippen molar-refractivity contribution in [2.75, 3.05) is 0 Å². The second-order valence-corrected chi connectivity index (χ2v) is 5.14. The highest BCUT2D eigenvalue weighted by molar-refractivity contribution is 5.69. The van der Waals surface area contributed by atoms with Gasteiger partial charge in [-0.25, -0.2) is 4.79 Å². The smallest absolute Gasteiger partial charge is 0.407 e. The van der Waals surface area contributed by atoms with E-state index in [0.717, 1.165) is 5.56 Å². The van der Waals surface area contributed by atoms with E-state index < -0.39 is 30.6 Å². The summed E-state index contributed by atoms with van der Waals surface area (Å²) in [5.74, 6) is -1.24. The molecule has 0 fully saturated rings. The average Bonchev–Trinajstić information content (AvgIpc) is 2.42. The van der Waals surface area contributed by atoms with Crippen LogP contribution in [0.25, 0.3) is 0 Å². The molecule has 0 saturated heterocycles. The molecule has 0 aliphatic carbocycles. The third-order valence-electron chi connectivity index (χ3n) is 3.01. The number of aliphatic hydroxyl groups excluding tert-OH is 1. The lowest BCUT2D eigenvalue weighted by Crippen LogP contribution is -2.47. The molecule has 6 heteroatoms. The van der Waals surface area contributed by atoms with Crippen LogP contribution in [0.5, 0.6) is 0 Å². The van der Waals surface area contributed by atoms with Crippen molar-refractivity contribution in [1.29, 1.82) is 0 Å². The predicted octanol–water partition coefficient (Wildman–Crippen LogP) is 1.77. The second kappa shape index (κ2) is 8.26. The summed E-state index contributed by atoms with van der Waals surface area (Å²) < 4.78 is 5.06. The number of alkyl carbamates (subject to hydrolysis) is 1. The fourth-order valence-corrected chi connectivity index (χ4v) is 1.91. The molecule has 6 nitrogen and oxygen atoms in total. The van der Waals surface area contributed by atoms with Crippen molar-refractivity contribution in [3.8, 4) is 0 Å². The number of aliphatic carboxylic acids is 1. The number of nitrogens with one attached hydrogen (secondary N) is 1. The Morgan fingerprint density at radius 2 is 1.86 bits per heavy atom. The quantitative estimate of drug-likeness (QED) is 0.712. The first-order valence-corrected chi connectivity index (χ1v) is 6.77. The van der Waals surface area contributed by atoms with Crippen LogP contribution in [0.15, 0.2) is 30.3 Å². The number of rotatable bonds is 7. The van der Waals surface area contributed by atoms with E-state index in [2.05, 4.69) is 5.32 Å². The lowest BCUT2D eigenvalue weighted by atomic mass is 9.96. The largest absolute Gasteiger partial charge is 0.481 e. The van der Waals surface area contributed by atoms with Crippen molar-refractivity contribution >= 4 is 12.1 Å². The number of carboxylic acids is 1. The van der Waals surface area contributed by atoms with Gasteiger partial charge < -0.3 is 20.3 Å². The molecule has 1 aromatic rings. The van der Waals surface area contributed by atoms with Gasteiger partial charge in [-0.2, -0.15) is 0 Å². The van der Waals surface area contributed by atoms with Crippen LogP contribution in [0.2, 0.25) is 0 Å². The van der Waals surface area contributed by atoms with Crippen molar-refractivity contribution in [1.82, 2.24) is 5.32 Å². The number of carbonyl (C=O) groups excluding carboxylic acids is 1. The summed E-state index contributed by atoms with van der Waals surface area (Å²) in [6, 6.07) is 8.51. The lowest BCUT2D eigenvalue weighted by molar-refractivity contribution is -0.139. The van der Waals surface area contributed by atoms with E-state index in [1.165, 1.54) is 0 Å². The highest BCUT2D eigenvalue weighted by Crippen LogP contribution is 2.10. The molecule has 0 radical (unpaired) electrons. The third-order valence-corrected chi connectivity index (χ3v) is 3.01. The standard InChI is InChI=1S/C15H21NO5/c1-10(2)14(12(17)8-13(18)19)16-15(20)21-9-11-6-4-3-5-7-11/h3-7,10,12,14,17H,8-9H2,1-2H3,(H,16,20)(H,18,19)/t12-,14+/m1/s1. The highest BCUT2D eigenvalue weighted by atomic mass is 16.5. The number of carboxylic acid groups (broad SMARTS) is 1. The molecule has 0 heterocycles. The zero-order chi connectivity index (χ0) is 15.8. The van der Waals surface area contributed by atoms with Crippen molar-refractivity contribution in [2.45, 2.75) is 39.0 Å². The zero-order valence-corrected chi connectivity index (χ0v) is 12.2. The Balaban J connectivity index is 2.50. The molecule has 2 atom stereocenters. The van der Waals surface area contributed by atoms with E-state index in [0.29, 0.717) is 0 Å². The predicted molar refractivity (Wildman–Crippen MR) is 76.6 cm³/mol. The zero-order valence-electron chi connectivity index (χ0n) is 12.2. The maximum absolute atomic E-state index is 11.7. The molecule has 0 bridgehead atoms. The van der Waals surface area contributed by atoms with Crippen LogP contribution < -0.4 is 5.32 Å².